The van der Waals surface area contributed by atoms with E-state index in [9.17, 15) is 8.76 Å². The lowest BCUT2D eigenvalue weighted by Gasteiger charge is -2.22. The van der Waals surface area contributed by atoms with Gasteiger partial charge >= 0.3 is 0 Å². The van der Waals surface area contributed by atoms with Gasteiger partial charge in [0.05, 0.1) is 18.0 Å². The predicted molar refractivity (Wildman–Crippen MR) is 86.5 cm³/mol. The van der Waals surface area contributed by atoms with Crippen LogP contribution in [0.5, 0.6) is 0 Å². The predicted octanol–water partition coefficient (Wildman–Crippen LogP) is 2.89. The van der Waals surface area contributed by atoms with Gasteiger partial charge in [-0.05, 0) is 17.5 Å². The summed E-state index contributed by atoms with van der Waals surface area (Å²) in [5, 5.41) is 0. The van der Waals surface area contributed by atoms with Crippen LogP contribution in [0.2, 0.25) is 0 Å². The molecule has 1 atom stereocenters. The van der Waals surface area contributed by atoms with Crippen LogP contribution in [0.1, 0.15) is 17.5 Å². The normalized spacial score (nSPS) is 12.5. The molecule has 0 aliphatic heterocycles. The van der Waals surface area contributed by atoms with Crippen LogP contribution >= 0.6 is 0 Å². The van der Waals surface area contributed by atoms with Crippen LogP contribution in [0, 0.1) is 0 Å². The Morgan fingerprint density at radius 2 is 1.41 bits per heavy atom. The summed E-state index contributed by atoms with van der Waals surface area (Å²) in [5.41, 5.74) is 2.48. The summed E-state index contributed by atoms with van der Waals surface area (Å²) in [6, 6.07) is 20.5. The summed E-state index contributed by atoms with van der Waals surface area (Å²) >= 11 is -2.42. The van der Waals surface area contributed by atoms with E-state index in [0.29, 0.717) is 6.42 Å². The van der Waals surface area contributed by atoms with Crippen molar-refractivity contribution in [1.29, 1.82) is 0 Å². The SMILES string of the molecule is O=S([O-])OCCCN(Cc1ccccc1)Cc1ccccc1. The molecule has 0 aliphatic carbocycles. The smallest absolute Gasteiger partial charge is 0.0842 e. The fourth-order valence-corrected chi connectivity index (χ4v) is 2.57. The maximum atomic E-state index is 10.4. The Labute approximate surface area is 134 Å². The number of hydrogen-bond donors (Lipinski definition) is 0. The van der Waals surface area contributed by atoms with E-state index >= 15 is 0 Å². The lowest BCUT2D eigenvalue weighted by Crippen LogP contribution is -2.25. The van der Waals surface area contributed by atoms with Crippen LogP contribution in [-0.4, -0.2) is 26.8 Å². The Bertz CT molecular complexity index is 521. The van der Waals surface area contributed by atoms with E-state index in [0.717, 1.165) is 19.6 Å². The van der Waals surface area contributed by atoms with Crippen LogP contribution in [0.3, 0.4) is 0 Å². The molecule has 0 saturated heterocycles. The highest BCUT2D eigenvalue weighted by Gasteiger charge is 2.07. The third kappa shape index (κ3) is 6.49. The van der Waals surface area contributed by atoms with Gasteiger partial charge in [0.15, 0.2) is 0 Å². The zero-order chi connectivity index (χ0) is 15.6. The summed E-state index contributed by atoms with van der Waals surface area (Å²) in [4.78, 5) is 2.29. The molecular formula is C17H20NO3S-. The number of benzene rings is 2. The minimum Gasteiger partial charge on any atom is -0.750 e. The summed E-state index contributed by atoms with van der Waals surface area (Å²) in [7, 11) is 0. The van der Waals surface area contributed by atoms with Crippen molar-refractivity contribution in [2.45, 2.75) is 19.5 Å². The standard InChI is InChI=1S/C17H21NO3S/c19-22(20)21-13-7-12-18(14-16-8-3-1-4-9-16)15-17-10-5-2-6-11-17/h1-6,8-11H,7,12-15H2,(H,19,20)/p-1. The molecule has 0 saturated carbocycles. The second kappa shape index (κ2) is 9.48. The molecule has 0 N–H and O–H groups in total. The van der Waals surface area contributed by atoms with Crippen LogP contribution < -0.4 is 0 Å². The molecule has 0 aromatic heterocycles. The molecule has 118 valence electrons. The van der Waals surface area contributed by atoms with Gasteiger partial charge in [0.1, 0.15) is 0 Å². The van der Waals surface area contributed by atoms with Crippen LogP contribution in [0.4, 0.5) is 0 Å². The average molecular weight is 318 g/mol. The van der Waals surface area contributed by atoms with Crippen molar-refractivity contribution in [3.8, 4) is 0 Å². The lowest BCUT2D eigenvalue weighted by molar-refractivity contribution is 0.220. The minimum absolute atomic E-state index is 0.218. The monoisotopic (exact) mass is 318 g/mol. The lowest BCUT2D eigenvalue weighted by atomic mass is 10.1. The molecule has 5 heteroatoms. The van der Waals surface area contributed by atoms with E-state index in [1.807, 2.05) is 36.4 Å². The molecule has 0 amide bonds. The Morgan fingerprint density at radius 3 is 1.86 bits per heavy atom. The second-order valence-electron chi connectivity index (χ2n) is 5.06. The third-order valence-corrected chi connectivity index (χ3v) is 3.66. The summed E-state index contributed by atoms with van der Waals surface area (Å²) in [5.74, 6) is 0. The fraction of sp³-hybridized carbons (Fsp3) is 0.294. The second-order valence-corrected chi connectivity index (χ2v) is 5.71. The van der Waals surface area contributed by atoms with E-state index in [-0.39, 0.29) is 6.61 Å². The van der Waals surface area contributed by atoms with Crippen molar-refractivity contribution >= 4 is 11.4 Å². The number of hydrogen-bond acceptors (Lipinski definition) is 4. The Morgan fingerprint density at radius 1 is 0.909 bits per heavy atom. The number of rotatable bonds is 9. The fourth-order valence-electron chi connectivity index (χ4n) is 2.31. The Kier molecular flexibility index (Phi) is 7.25. The number of nitrogens with zero attached hydrogens (tertiary/aromatic N) is 1. The van der Waals surface area contributed by atoms with E-state index in [4.69, 9.17) is 0 Å². The molecule has 2 aromatic rings. The van der Waals surface area contributed by atoms with Crippen molar-refractivity contribution in [1.82, 2.24) is 4.90 Å². The van der Waals surface area contributed by atoms with Crippen molar-refractivity contribution in [2.24, 2.45) is 0 Å². The molecule has 0 aliphatic rings. The van der Waals surface area contributed by atoms with Gasteiger partial charge in [0.2, 0.25) is 0 Å². The third-order valence-electron chi connectivity index (χ3n) is 3.30. The Hall–Kier alpha value is -1.53. The van der Waals surface area contributed by atoms with Crippen LogP contribution in [-0.2, 0) is 28.6 Å². The molecule has 0 fully saturated rings. The van der Waals surface area contributed by atoms with Crippen LogP contribution in [0.25, 0.3) is 0 Å². The molecule has 0 bridgehead atoms. The van der Waals surface area contributed by atoms with Gasteiger partial charge < -0.3 is 8.74 Å². The van der Waals surface area contributed by atoms with E-state index in [2.05, 4.69) is 33.3 Å². The van der Waals surface area contributed by atoms with Gasteiger partial charge in [-0.1, -0.05) is 60.7 Å². The summed E-state index contributed by atoms with van der Waals surface area (Å²) in [6.45, 7) is 2.66. The average Bonchev–Trinajstić information content (AvgIpc) is 2.53. The molecule has 2 rings (SSSR count). The molecule has 2 aromatic carbocycles. The van der Waals surface area contributed by atoms with Crippen molar-refractivity contribution in [2.75, 3.05) is 13.2 Å². The van der Waals surface area contributed by atoms with E-state index in [1.54, 1.807) is 0 Å². The van der Waals surface area contributed by atoms with Crippen LogP contribution in [0.15, 0.2) is 60.7 Å². The molecule has 0 radical (unpaired) electrons. The van der Waals surface area contributed by atoms with Crippen molar-refractivity contribution in [3.05, 3.63) is 71.8 Å². The molecular weight excluding hydrogens is 298 g/mol. The molecule has 4 nitrogen and oxygen atoms in total. The first-order chi connectivity index (χ1) is 10.7. The quantitative estimate of drug-likeness (QED) is 0.527. The zero-order valence-corrected chi connectivity index (χ0v) is 13.2. The maximum Gasteiger partial charge on any atom is 0.0842 e. The van der Waals surface area contributed by atoms with Gasteiger partial charge in [-0.15, -0.1) is 0 Å². The van der Waals surface area contributed by atoms with Gasteiger partial charge in [-0.3, -0.25) is 4.90 Å². The van der Waals surface area contributed by atoms with Gasteiger partial charge in [0.25, 0.3) is 0 Å². The highest BCUT2D eigenvalue weighted by molar-refractivity contribution is 7.74. The van der Waals surface area contributed by atoms with Gasteiger partial charge in [-0.25, -0.2) is 4.21 Å². The first-order valence-electron chi connectivity index (χ1n) is 7.27. The molecule has 1 unspecified atom stereocenters. The topological polar surface area (TPSA) is 52.6 Å². The maximum absolute atomic E-state index is 10.4. The minimum atomic E-state index is -2.42. The zero-order valence-electron chi connectivity index (χ0n) is 12.4. The molecule has 22 heavy (non-hydrogen) atoms. The largest absolute Gasteiger partial charge is 0.750 e. The van der Waals surface area contributed by atoms with Gasteiger partial charge in [-0.2, -0.15) is 0 Å². The molecule has 0 spiro atoms. The van der Waals surface area contributed by atoms with Crippen molar-refractivity contribution in [3.63, 3.8) is 0 Å². The van der Waals surface area contributed by atoms with E-state index in [1.165, 1.54) is 11.1 Å². The van der Waals surface area contributed by atoms with Gasteiger partial charge in [0, 0.05) is 19.6 Å². The highest BCUT2D eigenvalue weighted by Crippen LogP contribution is 2.10. The first kappa shape index (κ1) is 16.8. The Balaban J connectivity index is 1.92. The van der Waals surface area contributed by atoms with E-state index < -0.39 is 11.4 Å². The first-order valence-corrected chi connectivity index (χ1v) is 8.27. The molecule has 0 heterocycles. The summed E-state index contributed by atoms with van der Waals surface area (Å²) in [6.07, 6.45) is 0.674. The highest BCUT2D eigenvalue weighted by atomic mass is 32.2. The summed E-state index contributed by atoms with van der Waals surface area (Å²) < 4.78 is 25.4. The van der Waals surface area contributed by atoms with Crippen molar-refractivity contribution < 1.29 is 12.9 Å².